The molecule has 0 aromatic heterocycles. The van der Waals surface area contributed by atoms with Crippen molar-refractivity contribution in [2.75, 3.05) is 12.0 Å². The number of nitrogen functional groups attached to an aromatic ring is 1. The molecule has 0 spiro atoms. The number of nitrogens with one attached hydrogen (secondary N) is 1. The van der Waals surface area contributed by atoms with E-state index in [4.69, 9.17) is 10.6 Å². The lowest BCUT2D eigenvalue weighted by molar-refractivity contribution is -0.0745. The van der Waals surface area contributed by atoms with Gasteiger partial charge >= 0.3 is 0 Å². The third-order valence-electron chi connectivity index (χ3n) is 5.73. The molecule has 0 radical (unpaired) electrons. The second-order valence-corrected chi connectivity index (χ2v) is 7.37. The van der Waals surface area contributed by atoms with Gasteiger partial charge in [-0.2, -0.15) is 0 Å². The molecule has 4 fully saturated rings. The van der Waals surface area contributed by atoms with Crippen molar-refractivity contribution in [3.05, 3.63) is 24.3 Å². The quantitative estimate of drug-likeness (QED) is 0.650. The fourth-order valence-electron chi connectivity index (χ4n) is 5.35. The highest BCUT2D eigenvalue weighted by molar-refractivity contribution is 5.45. The van der Waals surface area contributed by atoms with Gasteiger partial charge in [-0.15, -0.1) is 0 Å². The zero-order chi connectivity index (χ0) is 13.6. The molecule has 4 saturated carbocycles. The average molecular weight is 272 g/mol. The molecule has 108 valence electrons. The van der Waals surface area contributed by atoms with Crippen LogP contribution in [0.3, 0.4) is 0 Å². The van der Waals surface area contributed by atoms with Crippen molar-refractivity contribution in [3.63, 3.8) is 0 Å². The van der Waals surface area contributed by atoms with E-state index in [1.165, 1.54) is 38.5 Å². The van der Waals surface area contributed by atoms with E-state index >= 15 is 0 Å². The molecular formula is C17H24N2O. The molecule has 4 bridgehead atoms. The molecule has 3 nitrogen and oxygen atoms in total. The third kappa shape index (κ3) is 2.18. The summed E-state index contributed by atoms with van der Waals surface area (Å²) in [4.78, 5) is 0. The summed E-state index contributed by atoms with van der Waals surface area (Å²) in [6.07, 6.45) is 8.70. The third-order valence-corrected chi connectivity index (χ3v) is 5.73. The van der Waals surface area contributed by atoms with Gasteiger partial charge in [0.2, 0.25) is 0 Å². The van der Waals surface area contributed by atoms with Gasteiger partial charge < -0.3 is 10.2 Å². The Hall–Kier alpha value is -1.22. The van der Waals surface area contributed by atoms with Crippen LogP contribution < -0.4 is 16.0 Å². The molecule has 5 rings (SSSR count). The Morgan fingerprint density at radius 1 is 1.00 bits per heavy atom. The maximum Gasteiger partial charge on any atom is 0.119 e. The van der Waals surface area contributed by atoms with E-state index in [1.807, 2.05) is 24.3 Å². The number of hydrogen-bond donors (Lipinski definition) is 2. The predicted molar refractivity (Wildman–Crippen MR) is 80.4 cm³/mol. The first-order chi connectivity index (χ1) is 9.75. The second kappa shape index (κ2) is 4.66. The molecule has 0 unspecified atom stereocenters. The van der Waals surface area contributed by atoms with E-state index < -0.39 is 0 Å². The van der Waals surface area contributed by atoms with Gasteiger partial charge in [0.25, 0.3) is 0 Å². The van der Waals surface area contributed by atoms with Gasteiger partial charge in [-0.1, -0.05) is 0 Å². The minimum Gasteiger partial charge on any atom is -0.493 e. The van der Waals surface area contributed by atoms with Crippen molar-refractivity contribution in [1.82, 2.24) is 0 Å². The number of hydrogen-bond acceptors (Lipinski definition) is 3. The molecule has 1 aromatic carbocycles. The van der Waals surface area contributed by atoms with Crippen molar-refractivity contribution in [3.8, 4) is 5.75 Å². The zero-order valence-corrected chi connectivity index (χ0v) is 12.0. The monoisotopic (exact) mass is 272 g/mol. The molecule has 0 atom stereocenters. The minimum absolute atomic E-state index is 0.486. The highest BCUT2D eigenvalue weighted by Gasteiger charge is 2.51. The summed E-state index contributed by atoms with van der Waals surface area (Å²) in [5.74, 6) is 9.34. The largest absolute Gasteiger partial charge is 0.493 e. The van der Waals surface area contributed by atoms with Gasteiger partial charge in [0, 0.05) is 11.1 Å². The summed E-state index contributed by atoms with van der Waals surface area (Å²) in [5.41, 5.74) is 4.06. The number of benzene rings is 1. The van der Waals surface area contributed by atoms with Crippen LogP contribution in [0, 0.1) is 23.2 Å². The van der Waals surface area contributed by atoms with Crippen LogP contribution >= 0.6 is 0 Å². The number of anilines is 1. The van der Waals surface area contributed by atoms with Crippen LogP contribution in [0.5, 0.6) is 5.75 Å². The minimum atomic E-state index is 0.486. The summed E-state index contributed by atoms with van der Waals surface area (Å²) >= 11 is 0. The molecule has 0 heterocycles. The average Bonchev–Trinajstić information content (AvgIpc) is 2.44. The first kappa shape index (κ1) is 12.5. The number of nitrogens with two attached hydrogens (primary N) is 1. The number of rotatable bonds is 4. The number of hydrazine groups is 1. The maximum absolute atomic E-state index is 6.12. The Bertz CT molecular complexity index is 447. The van der Waals surface area contributed by atoms with Gasteiger partial charge in [0.15, 0.2) is 0 Å². The van der Waals surface area contributed by atoms with Crippen molar-refractivity contribution >= 4 is 5.69 Å². The first-order valence-corrected chi connectivity index (χ1v) is 7.94. The molecule has 0 aliphatic heterocycles. The van der Waals surface area contributed by atoms with Gasteiger partial charge in [0.05, 0.1) is 6.61 Å². The van der Waals surface area contributed by atoms with Gasteiger partial charge in [-0.3, -0.25) is 5.84 Å². The lowest BCUT2D eigenvalue weighted by Gasteiger charge is -2.56. The Morgan fingerprint density at radius 2 is 1.55 bits per heavy atom. The molecule has 3 heteroatoms. The van der Waals surface area contributed by atoms with Gasteiger partial charge in [-0.25, -0.2) is 0 Å². The van der Waals surface area contributed by atoms with Crippen LogP contribution in [-0.4, -0.2) is 6.61 Å². The van der Waals surface area contributed by atoms with Crippen LogP contribution in [0.2, 0.25) is 0 Å². The van der Waals surface area contributed by atoms with E-state index in [9.17, 15) is 0 Å². The highest BCUT2D eigenvalue weighted by Crippen LogP contribution is 2.59. The summed E-state index contributed by atoms with van der Waals surface area (Å²) in [7, 11) is 0. The van der Waals surface area contributed by atoms with Crippen LogP contribution in [-0.2, 0) is 0 Å². The second-order valence-electron chi connectivity index (χ2n) is 7.37. The summed E-state index contributed by atoms with van der Waals surface area (Å²) in [6.45, 7) is 0.909. The van der Waals surface area contributed by atoms with E-state index in [2.05, 4.69) is 5.43 Å². The molecular weight excluding hydrogens is 248 g/mol. The van der Waals surface area contributed by atoms with E-state index in [0.717, 1.165) is 35.8 Å². The summed E-state index contributed by atoms with van der Waals surface area (Å²) in [6, 6.07) is 7.95. The SMILES string of the molecule is NNc1ccc(OCC23CC4CC(CC(C4)C2)C3)cc1. The number of ether oxygens (including phenoxy) is 1. The Labute approximate surface area is 120 Å². The van der Waals surface area contributed by atoms with E-state index in [-0.39, 0.29) is 0 Å². The molecule has 1 aromatic rings. The topological polar surface area (TPSA) is 47.3 Å². The molecule has 0 saturated heterocycles. The maximum atomic E-state index is 6.12. The molecule has 20 heavy (non-hydrogen) atoms. The van der Waals surface area contributed by atoms with Crippen LogP contribution in [0.15, 0.2) is 24.3 Å². The Morgan fingerprint density at radius 3 is 2.05 bits per heavy atom. The standard InChI is InChI=1S/C17H24N2O/c18-19-15-1-3-16(4-2-15)20-11-17-8-12-5-13(9-17)7-14(6-12)10-17/h1-4,12-14,19H,5-11,18H2. The van der Waals surface area contributed by atoms with E-state index in [0.29, 0.717) is 5.41 Å². The van der Waals surface area contributed by atoms with Crippen molar-refractivity contribution in [2.45, 2.75) is 38.5 Å². The summed E-state index contributed by atoms with van der Waals surface area (Å²) in [5, 5.41) is 0. The first-order valence-electron chi connectivity index (χ1n) is 7.94. The lowest BCUT2D eigenvalue weighted by atomic mass is 9.50. The molecule has 0 amide bonds. The van der Waals surface area contributed by atoms with Crippen molar-refractivity contribution in [1.29, 1.82) is 0 Å². The lowest BCUT2D eigenvalue weighted by Crippen LogP contribution is -2.48. The normalized spacial score (nSPS) is 38.0. The van der Waals surface area contributed by atoms with Gasteiger partial charge in [-0.05, 0) is 80.5 Å². The fourth-order valence-corrected chi connectivity index (χ4v) is 5.35. The van der Waals surface area contributed by atoms with Crippen molar-refractivity contribution < 1.29 is 4.74 Å². The highest BCUT2D eigenvalue weighted by atomic mass is 16.5. The Kier molecular flexibility index (Phi) is 2.92. The Balaban J connectivity index is 1.43. The fraction of sp³-hybridized carbons (Fsp3) is 0.647. The van der Waals surface area contributed by atoms with Crippen LogP contribution in [0.4, 0.5) is 5.69 Å². The van der Waals surface area contributed by atoms with Crippen LogP contribution in [0.1, 0.15) is 38.5 Å². The smallest absolute Gasteiger partial charge is 0.119 e. The summed E-state index contributed by atoms with van der Waals surface area (Å²) < 4.78 is 6.12. The van der Waals surface area contributed by atoms with Crippen LogP contribution in [0.25, 0.3) is 0 Å². The van der Waals surface area contributed by atoms with E-state index in [1.54, 1.807) is 0 Å². The molecule has 3 N–H and O–H groups in total. The molecule has 4 aliphatic carbocycles. The predicted octanol–water partition coefficient (Wildman–Crippen LogP) is 3.57. The van der Waals surface area contributed by atoms with Crippen molar-refractivity contribution in [2.24, 2.45) is 29.0 Å². The zero-order valence-electron chi connectivity index (χ0n) is 12.0. The molecule has 4 aliphatic rings. The van der Waals surface area contributed by atoms with Gasteiger partial charge in [0.1, 0.15) is 5.75 Å².